The van der Waals surface area contributed by atoms with Crippen molar-refractivity contribution in [3.63, 3.8) is 0 Å². The van der Waals surface area contributed by atoms with Gasteiger partial charge >= 0.3 is 0 Å². The molecule has 1 aliphatic rings. The number of likely N-dealkylation sites (N-methyl/N-ethyl adjacent to an activating group) is 1. The fourth-order valence-electron chi connectivity index (χ4n) is 4.54. The van der Waals surface area contributed by atoms with E-state index in [9.17, 15) is 9.59 Å². The molecule has 4 heteroatoms. The standard InChI is InChI=1S/C26H34N2O2/c1-20-9-7-8-12-22(20)19-26(28(2)3)17-15-23(16-18-26)27-25(30)14-13-24(29)21-10-5-4-6-11-21/h4-12,23H,13-19H2,1-3H3,(H,27,30). The summed E-state index contributed by atoms with van der Waals surface area (Å²) >= 11 is 0. The van der Waals surface area contributed by atoms with Gasteiger partial charge < -0.3 is 10.2 Å². The highest BCUT2D eigenvalue weighted by Crippen LogP contribution is 2.36. The number of hydrogen-bond acceptors (Lipinski definition) is 3. The maximum absolute atomic E-state index is 12.4. The van der Waals surface area contributed by atoms with Crippen molar-refractivity contribution in [1.29, 1.82) is 0 Å². The summed E-state index contributed by atoms with van der Waals surface area (Å²) in [5, 5.41) is 3.17. The van der Waals surface area contributed by atoms with E-state index in [0.29, 0.717) is 5.56 Å². The number of benzene rings is 2. The predicted molar refractivity (Wildman–Crippen MR) is 122 cm³/mol. The molecule has 0 bridgehead atoms. The number of nitrogens with one attached hydrogen (secondary N) is 1. The zero-order valence-corrected chi connectivity index (χ0v) is 18.5. The van der Waals surface area contributed by atoms with Gasteiger partial charge in [-0.3, -0.25) is 9.59 Å². The number of carbonyl (C=O) groups is 2. The van der Waals surface area contributed by atoms with Crippen molar-refractivity contribution in [2.75, 3.05) is 14.1 Å². The van der Waals surface area contributed by atoms with Crippen LogP contribution in [0.15, 0.2) is 54.6 Å². The zero-order valence-electron chi connectivity index (χ0n) is 18.5. The van der Waals surface area contributed by atoms with Crippen LogP contribution in [0.2, 0.25) is 0 Å². The van der Waals surface area contributed by atoms with Gasteiger partial charge in [-0.05, 0) is 64.3 Å². The smallest absolute Gasteiger partial charge is 0.220 e. The lowest BCUT2D eigenvalue weighted by Gasteiger charge is -2.45. The van der Waals surface area contributed by atoms with Crippen LogP contribution in [0.5, 0.6) is 0 Å². The Hall–Kier alpha value is -2.46. The molecule has 0 aliphatic heterocycles. The van der Waals surface area contributed by atoms with Gasteiger partial charge in [0.25, 0.3) is 0 Å². The molecule has 30 heavy (non-hydrogen) atoms. The van der Waals surface area contributed by atoms with Crippen LogP contribution in [-0.2, 0) is 11.2 Å². The number of Topliss-reactive ketones (excluding diaryl/α,β-unsaturated/α-hetero) is 1. The van der Waals surface area contributed by atoms with Crippen molar-refractivity contribution >= 4 is 11.7 Å². The van der Waals surface area contributed by atoms with Gasteiger partial charge in [0.2, 0.25) is 5.91 Å². The summed E-state index contributed by atoms with van der Waals surface area (Å²) in [5.74, 6) is 0.0137. The summed E-state index contributed by atoms with van der Waals surface area (Å²) in [6.45, 7) is 2.18. The minimum absolute atomic E-state index is 0.0134. The molecule has 0 unspecified atom stereocenters. The molecule has 2 aromatic carbocycles. The fourth-order valence-corrected chi connectivity index (χ4v) is 4.54. The lowest BCUT2D eigenvalue weighted by Crippen LogP contribution is -2.52. The molecule has 1 amide bonds. The maximum Gasteiger partial charge on any atom is 0.220 e. The van der Waals surface area contributed by atoms with Gasteiger partial charge in [-0.1, -0.05) is 54.6 Å². The minimum Gasteiger partial charge on any atom is -0.353 e. The van der Waals surface area contributed by atoms with Crippen molar-refractivity contribution in [1.82, 2.24) is 10.2 Å². The average Bonchev–Trinajstić information content (AvgIpc) is 2.75. The summed E-state index contributed by atoms with van der Waals surface area (Å²) in [6.07, 6.45) is 5.62. The third-order valence-corrected chi connectivity index (χ3v) is 6.69. The van der Waals surface area contributed by atoms with E-state index in [1.54, 1.807) is 12.1 Å². The third-order valence-electron chi connectivity index (χ3n) is 6.69. The molecule has 1 saturated carbocycles. The number of amides is 1. The SMILES string of the molecule is Cc1ccccc1CC1(N(C)C)CCC(NC(=O)CCC(=O)c2ccccc2)CC1. The Morgan fingerprint density at radius 1 is 0.967 bits per heavy atom. The molecule has 160 valence electrons. The van der Waals surface area contributed by atoms with Crippen LogP contribution in [0.25, 0.3) is 0 Å². The molecule has 0 aromatic heterocycles. The molecule has 2 aromatic rings. The Kier molecular flexibility index (Phi) is 7.43. The molecule has 0 radical (unpaired) electrons. The van der Waals surface area contributed by atoms with E-state index in [0.717, 1.165) is 32.1 Å². The van der Waals surface area contributed by atoms with Gasteiger partial charge in [-0.2, -0.15) is 0 Å². The van der Waals surface area contributed by atoms with E-state index < -0.39 is 0 Å². The number of carbonyl (C=O) groups excluding carboxylic acids is 2. The van der Waals surface area contributed by atoms with Crippen LogP contribution in [0, 0.1) is 6.92 Å². The van der Waals surface area contributed by atoms with Crippen molar-refractivity contribution in [2.45, 2.75) is 63.5 Å². The van der Waals surface area contributed by atoms with E-state index in [2.05, 4.69) is 55.5 Å². The Bertz CT molecular complexity index is 852. The Morgan fingerprint density at radius 3 is 2.23 bits per heavy atom. The van der Waals surface area contributed by atoms with Gasteiger partial charge in [0.1, 0.15) is 0 Å². The number of nitrogens with zero attached hydrogens (tertiary/aromatic N) is 1. The molecule has 1 aliphatic carbocycles. The predicted octanol–water partition coefficient (Wildman–Crippen LogP) is 4.56. The number of hydrogen-bond donors (Lipinski definition) is 1. The largest absolute Gasteiger partial charge is 0.353 e. The highest BCUT2D eigenvalue weighted by atomic mass is 16.2. The molecular formula is C26H34N2O2. The molecular weight excluding hydrogens is 372 g/mol. The highest BCUT2D eigenvalue weighted by Gasteiger charge is 2.37. The first kappa shape index (κ1) is 22.2. The number of rotatable bonds is 8. The Balaban J connectivity index is 1.50. The second-order valence-electron chi connectivity index (χ2n) is 8.85. The summed E-state index contributed by atoms with van der Waals surface area (Å²) < 4.78 is 0. The topological polar surface area (TPSA) is 49.4 Å². The van der Waals surface area contributed by atoms with Crippen LogP contribution in [-0.4, -0.2) is 42.3 Å². The van der Waals surface area contributed by atoms with Crippen molar-refractivity contribution in [2.24, 2.45) is 0 Å². The second-order valence-corrected chi connectivity index (χ2v) is 8.85. The summed E-state index contributed by atoms with van der Waals surface area (Å²) in [4.78, 5) is 27.0. The van der Waals surface area contributed by atoms with Gasteiger partial charge in [0, 0.05) is 30.0 Å². The molecule has 3 rings (SSSR count). The van der Waals surface area contributed by atoms with Gasteiger partial charge in [-0.25, -0.2) is 0 Å². The monoisotopic (exact) mass is 406 g/mol. The molecule has 0 atom stereocenters. The van der Waals surface area contributed by atoms with Gasteiger partial charge in [0.05, 0.1) is 0 Å². The average molecular weight is 407 g/mol. The third kappa shape index (κ3) is 5.57. The lowest BCUT2D eigenvalue weighted by molar-refractivity contribution is -0.122. The van der Waals surface area contributed by atoms with Gasteiger partial charge in [-0.15, -0.1) is 0 Å². The number of ketones is 1. The molecule has 0 spiro atoms. The van der Waals surface area contributed by atoms with E-state index >= 15 is 0 Å². The normalized spacial score (nSPS) is 21.4. The molecule has 0 heterocycles. The second kappa shape index (κ2) is 10.0. The molecule has 1 fully saturated rings. The fraction of sp³-hybridized carbons (Fsp3) is 0.462. The van der Waals surface area contributed by atoms with Crippen molar-refractivity contribution in [3.05, 3.63) is 71.3 Å². The van der Waals surface area contributed by atoms with E-state index in [1.807, 2.05) is 18.2 Å². The first-order chi connectivity index (χ1) is 14.4. The summed E-state index contributed by atoms with van der Waals surface area (Å²) in [7, 11) is 4.35. The molecule has 4 nitrogen and oxygen atoms in total. The lowest BCUT2D eigenvalue weighted by atomic mass is 9.74. The van der Waals surface area contributed by atoms with Crippen LogP contribution >= 0.6 is 0 Å². The van der Waals surface area contributed by atoms with Crippen molar-refractivity contribution < 1.29 is 9.59 Å². The maximum atomic E-state index is 12.4. The van der Waals surface area contributed by atoms with E-state index in [4.69, 9.17) is 0 Å². The van der Waals surface area contributed by atoms with Crippen LogP contribution in [0.4, 0.5) is 0 Å². The summed E-state index contributed by atoms with van der Waals surface area (Å²) in [5.41, 5.74) is 3.57. The van der Waals surface area contributed by atoms with Crippen LogP contribution in [0.1, 0.15) is 60.0 Å². The quantitative estimate of drug-likeness (QED) is 0.654. The first-order valence-corrected chi connectivity index (χ1v) is 11.0. The number of aryl methyl sites for hydroxylation is 1. The summed E-state index contributed by atoms with van der Waals surface area (Å²) in [6, 6.07) is 18.0. The van der Waals surface area contributed by atoms with Crippen molar-refractivity contribution in [3.8, 4) is 0 Å². The molecule has 1 N–H and O–H groups in total. The first-order valence-electron chi connectivity index (χ1n) is 11.0. The van der Waals surface area contributed by atoms with Crippen LogP contribution < -0.4 is 5.32 Å². The van der Waals surface area contributed by atoms with E-state index in [-0.39, 0.29) is 36.1 Å². The highest BCUT2D eigenvalue weighted by molar-refractivity contribution is 5.97. The van der Waals surface area contributed by atoms with E-state index in [1.165, 1.54) is 11.1 Å². The minimum atomic E-state index is -0.0134. The Labute approximate surface area is 180 Å². The Morgan fingerprint density at radius 2 is 1.60 bits per heavy atom. The zero-order chi connectivity index (χ0) is 21.6. The molecule has 0 saturated heterocycles. The van der Waals surface area contributed by atoms with Gasteiger partial charge in [0.15, 0.2) is 5.78 Å². The van der Waals surface area contributed by atoms with Crippen LogP contribution in [0.3, 0.4) is 0 Å².